The first-order chi connectivity index (χ1) is 10.7. The van der Waals surface area contributed by atoms with Crippen molar-refractivity contribution in [3.05, 3.63) is 22.4 Å². The lowest BCUT2D eigenvalue weighted by Gasteiger charge is -2.23. The molecule has 0 spiro atoms. The van der Waals surface area contributed by atoms with Gasteiger partial charge < -0.3 is 10.1 Å². The van der Waals surface area contributed by atoms with Gasteiger partial charge in [-0.1, -0.05) is 31.7 Å². The van der Waals surface area contributed by atoms with Crippen molar-refractivity contribution in [2.45, 2.75) is 64.0 Å². The van der Waals surface area contributed by atoms with Crippen LogP contribution in [0.25, 0.3) is 0 Å². The molecule has 0 saturated heterocycles. The molecule has 2 rings (SSSR count). The summed E-state index contributed by atoms with van der Waals surface area (Å²) < 4.78 is 5.03. The zero-order valence-electron chi connectivity index (χ0n) is 13.2. The molecule has 1 aliphatic rings. The molecule has 0 aromatic carbocycles. The van der Waals surface area contributed by atoms with Gasteiger partial charge in [0.15, 0.2) is 5.78 Å². The smallest absolute Gasteiger partial charge is 0.307 e. The van der Waals surface area contributed by atoms with Crippen LogP contribution in [0.3, 0.4) is 0 Å². The van der Waals surface area contributed by atoms with E-state index in [9.17, 15) is 9.59 Å². The molecule has 0 radical (unpaired) electrons. The number of carbonyl (C=O) groups excluding carboxylic acids is 2. The molecule has 5 heteroatoms. The minimum Gasteiger partial charge on any atom is -0.466 e. The number of hydrogen-bond acceptors (Lipinski definition) is 5. The maximum Gasteiger partial charge on any atom is 0.307 e. The molecule has 122 valence electrons. The van der Waals surface area contributed by atoms with Gasteiger partial charge in [-0.25, -0.2) is 0 Å². The summed E-state index contributed by atoms with van der Waals surface area (Å²) in [6, 6.07) is 3.54. The zero-order chi connectivity index (χ0) is 15.8. The summed E-state index contributed by atoms with van der Waals surface area (Å²) in [5, 5.41) is 5.32. The summed E-state index contributed by atoms with van der Waals surface area (Å²) in [6.45, 7) is 2.13. The Bertz CT molecular complexity index is 464. The quantitative estimate of drug-likeness (QED) is 0.473. The molecule has 1 atom stereocenters. The molecule has 1 aromatic heterocycles. The average Bonchev–Trinajstić information content (AvgIpc) is 2.92. The topological polar surface area (TPSA) is 55.4 Å². The third-order valence-corrected chi connectivity index (χ3v) is 4.93. The van der Waals surface area contributed by atoms with Crippen LogP contribution in [0.2, 0.25) is 0 Å². The average molecular weight is 323 g/mol. The number of rotatable bonds is 7. The van der Waals surface area contributed by atoms with Crippen LogP contribution in [0.15, 0.2) is 17.5 Å². The standard InChI is InChI=1S/C17H25NO3S/c1-2-21-16(19)12-14(17(20)15-10-7-11-22-15)18-13-8-5-3-4-6-9-13/h7,10-11,13-14,18H,2-6,8-9,12H2,1H3. The van der Waals surface area contributed by atoms with E-state index in [1.165, 1.54) is 37.0 Å². The lowest BCUT2D eigenvalue weighted by molar-refractivity contribution is -0.143. The van der Waals surface area contributed by atoms with Gasteiger partial charge in [-0.15, -0.1) is 11.3 Å². The van der Waals surface area contributed by atoms with E-state index < -0.39 is 6.04 Å². The van der Waals surface area contributed by atoms with Gasteiger partial charge in [-0.3, -0.25) is 9.59 Å². The van der Waals surface area contributed by atoms with Crippen molar-refractivity contribution < 1.29 is 14.3 Å². The number of nitrogens with one attached hydrogen (secondary N) is 1. The van der Waals surface area contributed by atoms with Crippen LogP contribution < -0.4 is 5.32 Å². The number of carbonyl (C=O) groups is 2. The summed E-state index contributed by atoms with van der Waals surface area (Å²) in [4.78, 5) is 25.2. The summed E-state index contributed by atoms with van der Waals surface area (Å²) in [5.74, 6) is -0.300. The second-order valence-electron chi connectivity index (χ2n) is 5.76. The largest absolute Gasteiger partial charge is 0.466 e. The van der Waals surface area contributed by atoms with E-state index in [1.807, 2.05) is 17.5 Å². The van der Waals surface area contributed by atoms with Crippen LogP contribution >= 0.6 is 11.3 Å². The van der Waals surface area contributed by atoms with E-state index in [0.29, 0.717) is 17.5 Å². The molecule has 1 aliphatic carbocycles. The van der Waals surface area contributed by atoms with E-state index >= 15 is 0 Å². The molecular formula is C17H25NO3S. The zero-order valence-corrected chi connectivity index (χ0v) is 14.0. The maximum absolute atomic E-state index is 12.6. The van der Waals surface area contributed by atoms with E-state index in [4.69, 9.17) is 4.74 Å². The Hall–Kier alpha value is -1.20. The molecule has 1 N–H and O–H groups in total. The highest BCUT2D eigenvalue weighted by Crippen LogP contribution is 2.20. The summed E-state index contributed by atoms with van der Waals surface area (Å²) >= 11 is 1.42. The third-order valence-electron chi connectivity index (χ3n) is 4.05. The maximum atomic E-state index is 12.6. The predicted molar refractivity (Wildman–Crippen MR) is 88.3 cm³/mol. The number of thiophene rings is 1. The molecule has 1 heterocycles. The SMILES string of the molecule is CCOC(=O)CC(NC1CCCCCC1)C(=O)c1cccs1. The van der Waals surface area contributed by atoms with Gasteiger partial charge in [0.25, 0.3) is 0 Å². The van der Waals surface area contributed by atoms with E-state index in [1.54, 1.807) is 6.92 Å². The Morgan fingerprint density at radius 3 is 2.64 bits per heavy atom. The first-order valence-electron chi connectivity index (χ1n) is 8.20. The molecule has 4 nitrogen and oxygen atoms in total. The van der Waals surface area contributed by atoms with Crippen molar-refractivity contribution in [3.63, 3.8) is 0 Å². The minimum absolute atomic E-state index is 0.00676. The Morgan fingerprint density at radius 1 is 1.32 bits per heavy atom. The number of ketones is 1. The van der Waals surface area contributed by atoms with Gasteiger partial charge in [0.1, 0.15) is 0 Å². The third kappa shape index (κ3) is 5.21. The highest BCUT2D eigenvalue weighted by Gasteiger charge is 2.27. The van der Waals surface area contributed by atoms with Crippen molar-refractivity contribution in [2.24, 2.45) is 0 Å². The van der Waals surface area contributed by atoms with Crippen LogP contribution in [0, 0.1) is 0 Å². The Labute approximate surface area is 136 Å². The molecule has 1 saturated carbocycles. The molecule has 0 amide bonds. The summed E-state index contributed by atoms with van der Waals surface area (Å²) in [5.41, 5.74) is 0. The van der Waals surface area contributed by atoms with E-state index in [-0.39, 0.29) is 18.2 Å². The molecule has 22 heavy (non-hydrogen) atoms. The van der Waals surface area contributed by atoms with Gasteiger partial charge in [0.05, 0.1) is 23.9 Å². The van der Waals surface area contributed by atoms with Crippen molar-refractivity contribution in [1.29, 1.82) is 0 Å². The molecule has 0 aliphatic heterocycles. The van der Waals surface area contributed by atoms with E-state index in [2.05, 4.69) is 5.32 Å². The number of Topliss-reactive ketones (excluding diaryl/α,β-unsaturated/α-hetero) is 1. The number of esters is 1. The molecule has 0 bridgehead atoms. The van der Waals surface area contributed by atoms with Gasteiger partial charge in [-0.2, -0.15) is 0 Å². The normalized spacial score (nSPS) is 17.7. The van der Waals surface area contributed by atoms with Crippen LogP contribution in [0.1, 0.15) is 61.5 Å². The highest BCUT2D eigenvalue weighted by molar-refractivity contribution is 7.12. The van der Waals surface area contributed by atoms with Crippen molar-refractivity contribution in [1.82, 2.24) is 5.32 Å². The van der Waals surface area contributed by atoms with Gasteiger partial charge in [0.2, 0.25) is 0 Å². The summed E-state index contributed by atoms with van der Waals surface area (Å²) in [6.07, 6.45) is 7.18. The van der Waals surface area contributed by atoms with E-state index in [0.717, 1.165) is 12.8 Å². The monoisotopic (exact) mass is 323 g/mol. The fourth-order valence-electron chi connectivity index (χ4n) is 2.93. The van der Waals surface area contributed by atoms with Gasteiger partial charge in [-0.05, 0) is 31.2 Å². The Morgan fingerprint density at radius 2 is 2.05 bits per heavy atom. The van der Waals surface area contributed by atoms with Gasteiger partial charge >= 0.3 is 5.97 Å². The van der Waals surface area contributed by atoms with Crippen molar-refractivity contribution in [3.8, 4) is 0 Å². The first kappa shape index (κ1) is 17.2. The number of ether oxygens (including phenoxy) is 1. The lowest BCUT2D eigenvalue weighted by atomic mass is 10.0. The fraction of sp³-hybridized carbons (Fsp3) is 0.647. The fourth-order valence-corrected chi connectivity index (χ4v) is 3.65. The predicted octanol–water partition coefficient (Wildman–Crippen LogP) is 3.57. The van der Waals surface area contributed by atoms with Crippen LogP contribution in [-0.2, 0) is 9.53 Å². The van der Waals surface area contributed by atoms with Crippen LogP contribution in [-0.4, -0.2) is 30.4 Å². The van der Waals surface area contributed by atoms with Gasteiger partial charge in [0, 0.05) is 6.04 Å². The second-order valence-corrected chi connectivity index (χ2v) is 6.71. The molecule has 1 unspecified atom stereocenters. The lowest BCUT2D eigenvalue weighted by Crippen LogP contribution is -2.44. The minimum atomic E-state index is -0.471. The second kappa shape index (κ2) is 9.06. The number of hydrogen-bond donors (Lipinski definition) is 1. The van der Waals surface area contributed by atoms with Crippen LogP contribution in [0.4, 0.5) is 0 Å². The van der Waals surface area contributed by atoms with Crippen molar-refractivity contribution in [2.75, 3.05) is 6.61 Å². The highest BCUT2D eigenvalue weighted by atomic mass is 32.1. The van der Waals surface area contributed by atoms with Crippen LogP contribution in [0.5, 0.6) is 0 Å². The first-order valence-corrected chi connectivity index (χ1v) is 9.08. The molecule has 1 aromatic rings. The Kier molecular flexibility index (Phi) is 7.06. The molecular weight excluding hydrogens is 298 g/mol. The Balaban J connectivity index is 2.03. The summed E-state index contributed by atoms with van der Waals surface area (Å²) in [7, 11) is 0. The van der Waals surface area contributed by atoms with Crippen molar-refractivity contribution >= 4 is 23.1 Å². The molecule has 1 fully saturated rings.